The van der Waals surface area contributed by atoms with Crippen LogP contribution in [0, 0.1) is 6.92 Å². The van der Waals surface area contributed by atoms with Crippen molar-refractivity contribution in [3.63, 3.8) is 0 Å². The Hall–Kier alpha value is -2.15. The molecule has 0 bridgehead atoms. The average Bonchev–Trinajstić information content (AvgIpc) is 3.21. The number of aromatic nitrogens is 1. The number of nitrogens with one attached hydrogen (secondary N) is 1. The summed E-state index contributed by atoms with van der Waals surface area (Å²) in [6.07, 6.45) is 2.02. The molecule has 6 nitrogen and oxygen atoms in total. The van der Waals surface area contributed by atoms with Gasteiger partial charge < -0.3 is 14.6 Å². The van der Waals surface area contributed by atoms with Crippen LogP contribution >= 0.6 is 11.3 Å². The molecule has 1 aliphatic heterocycles. The molecule has 1 atom stereocenters. The monoisotopic (exact) mass is 347 g/mol. The van der Waals surface area contributed by atoms with Crippen LogP contribution in [-0.4, -0.2) is 34.8 Å². The Bertz CT molecular complexity index is 737. The third-order valence-corrected chi connectivity index (χ3v) is 5.20. The first-order valence-corrected chi connectivity index (χ1v) is 8.95. The molecule has 0 saturated carbocycles. The lowest BCUT2D eigenvalue weighted by molar-refractivity contribution is -0.119. The maximum absolute atomic E-state index is 12.7. The van der Waals surface area contributed by atoms with Gasteiger partial charge in [-0.25, -0.2) is 4.98 Å². The topological polar surface area (TPSA) is 75.4 Å². The van der Waals surface area contributed by atoms with E-state index in [0.29, 0.717) is 30.5 Å². The summed E-state index contributed by atoms with van der Waals surface area (Å²) in [6, 6.07) is 3.41. The molecule has 1 fully saturated rings. The Morgan fingerprint density at radius 3 is 3.00 bits per heavy atom. The fourth-order valence-electron chi connectivity index (χ4n) is 2.88. The van der Waals surface area contributed by atoms with Crippen molar-refractivity contribution in [2.24, 2.45) is 0 Å². The minimum absolute atomic E-state index is 0.0953. The number of amides is 2. The van der Waals surface area contributed by atoms with Gasteiger partial charge in [0, 0.05) is 37.0 Å². The van der Waals surface area contributed by atoms with Crippen LogP contribution in [0.5, 0.6) is 0 Å². The van der Waals surface area contributed by atoms with E-state index in [1.807, 2.05) is 11.8 Å². The number of likely N-dealkylation sites (tertiary alicyclic amines) is 1. The van der Waals surface area contributed by atoms with Crippen LogP contribution in [0.4, 0.5) is 0 Å². The van der Waals surface area contributed by atoms with Crippen LogP contribution in [0.25, 0.3) is 0 Å². The summed E-state index contributed by atoms with van der Waals surface area (Å²) >= 11 is 1.67. The molecule has 1 unspecified atom stereocenters. The smallest absolute Gasteiger partial charge is 0.289 e. The van der Waals surface area contributed by atoms with E-state index in [4.69, 9.17) is 4.42 Å². The third-order valence-electron chi connectivity index (χ3n) is 4.08. The van der Waals surface area contributed by atoms with Crippen molar-refractivity contribution in [1.29, 1.82) is 0 Å². The van der Waals surface area contributed by atoms with Crippen molar-refractivity contribution in [2.75, 3.05) is 13.1 Å². The van der Waals surface area contributed by atoms with Crippen LogP contribution in [-0.2, 0) is 11.3 Å². The van der Waals surface area contributed by atoms with Crippen LogP contribution in [0.3, 0.4) is 0 Å². The first-order valence-electron chi connectivity index (χ1n) is 8.07. The number of rotatable bonds is 4. The molecule has 0 aliphatic carbocycles. The second-order valence-corrected chi connectivity index (χ2v) is 6.98. The largest absolute Gasteiger partial charge is 0.454 e. The maximum atomic E-state index is 12.7. The van der Waals surface area contributed by atoms with E-state index in [1.165, 1.54) is 6.92 Å². The first-order chi connectivity index (χ1) is 11.5. The number of hydrogen-bond donors (Lipinski definition) is 1. The number of nitrogens with zero attached hydrogens (tertiary/aromatic N) is 2. The molecule has 0 spiro atoms. The number of aryl methyl sites for hydroxylation is 1. The molecule has 3 rings (SSSR count). The van der Waals surface area contributed by atoms with Gasteiger partial charge in [-0.15, -0.1) is 11.3 Å². The molecule has 2 amide bonds. The van der Waals surface area contributed by atoms with E-state index < -0.39 is 0 Å². The molecule has 1 saturated heterocycles. The minimum Gasteiger partial charge on any atom is -0.454 e. The number of thiazole rings is 1. The third kappa shape index (κ3) is 3.84. The second kappa shape index (κ2) is 7.17. The van der Waals surface area contributed by atoms with Gasteiger partial charge in [0.05, 0.1) is 11.6 Å². The summed E-state index contributed by atoms with van der Waals surface area (Å²) in [5.74, 6) is 0.984. The zero-order valence-corrected chi connectivity index (χ0v) is 14.7. The van der Waals surface area contributed by atoms with Gasteiger partial charge in [0.25, 0.3) is 5.91 Å². The van der Waals surface area contributed by atoms with E-state index in [2.05, 4.69) is 15.7 Å². The highest BCUT2D eigenvalue weighted by Crippen LogP contribution is 2.30. The Kier molecular flexibility index (Phi) is 4.99. The Morgan fingerprint density at radius 2 is 2.29 bits per heavy atom. The number of hydrogen-bond acceptors (Lipinski definition) is 5. The molecule has 1 N–H and O–H groups in total. The number of carbonyl (C=O) groups excluding carboxylic acids is 2. The van der Waals surface area contributed by atoms with Gasteiger partial charge in [-0.1, -0.05) is 0 Å². The Labute approximate surface area is 144 Å². The van der Waals surface area contributed by atoms with Crippen molar-refractivity contribution in [1.82, 2.24) is 15.2 Å². The normalized spacial score (nSPS) is 17.8. The Balaban J connectivity index is 1.65. The van der Waals surface area contributed by atoms with Gasteiger partial charge in [-0.2, -0.15) is 0 Å². The van der Waals surface area contributed by atoms with E-state index >= 15 is 0 Å². The quantitative estimate of drug-likeness (QED) is 0.923. The maximum Gasteiger partial charge on any atom is 0.289 e. The van der Waals surface area contributed by atoms with Gasteiger partial charge in [0.1, 0.15) is 5.76 Å². The molecule has 2 aromatic rings. The van der Waals surface area contributed by atoms with Crippen molar-refractivity contribution >= 4 is 23.2 Å². The number of furan rings is 1. The average molecular weight is 347 g/mol. The fourth-order valence-corrected chi connectivity index (χ4v) is 3.80. The lowest BCUT2D eigenvalue weighted by Gasteiger charge is -2.31. The van der Waals surface area contributed by atoms with Gasteiger partial charge in [-0.3, -0.25) is 9.59 Å². The molecule has 0 radical (unpaired) electrons. The highest BCUT2D eigenvalue weighted by molar-refractivity contribution is 7.09. The summed E-state index contributed by atoms with van der Waals surface area (Å²) in [5, 5.41) is 5.82. The standard InChI is InChI=1S/C17H21N3O3S/c1-11-10-24-16(19-11)13-4-3-7-20(9-13)17(22)15-6-5-14(23-15)8-18-12(2)21/h5-6,10,13H,3-4,7-9H2,1-2H3,(H,18,21). The van der Waals surface area contributed by atoms with Gasteiger partial charge >= 0.3 is 0 Å². The number of carbonyl (C=O) groups is 2. The summed E-state index contributed by atoms with van der Waals surface area (Å²) < 4.78 is 5.58. The summed E-state index contributed by atoms with van der Waals surface area (Å²) in [5.41, 5.74) is 1.03. The summed E-state index contributed by atoms with van der Waals surface area (Å²) in [7, 11) is 0. The van der Waals surface area contributed by atoms with Crippen molar-refractivity contribution in [2.45, 2.75) is 39.2 Å². The molecule has 7 heteroatoms. The zero-order valence-electron chi connectivity index (χ0n) is 13.9. The fraction of sp³-hybridized carbons (Fsp3) is 0.471. The molecule has 2 aromatic heterocycles. The van der Waals surface area contributed by atoms with Crippen molar-refractivity contribution in [3.8, 4) is 0 Å². The predicted octanol–water partition coefficient (Wildman–Crippen LogP) is 2.70. The Morgan fingerprint density at radius 1 is 1.46 bits per heavy atom. The van der Waals surface area contributed by atoms with Crippen LogP contribution in [0.1, 0.15) is 52.7 Å². The minimum atomic E-state index is -0.128. The number of piperidine rings is 1. The summed E-state index contributed by atoms with van der Waals surface area (Å²) in [4.78, 5) is 30.0. The predicted molar refractivity (Wildman–Crippen MR) is 91.0 cm³/mol. The highest BCUT2D eigenvalue weighted by atomic mass is 32.1. The van der Waals surface area contributed by atoms with E-state index in [1.54, 1.807) is 23.5 Å². The lowest BCUT2D eigenvalue weighted by atomic mass is 9.98. The molecule has 24 heavy (non-hydrogen) atoms. The molecule has 128 valence electrons. The van der Waals surface area contributed by atoms with Gasteiger partial charge in [0.15, 0.2) is 5.76 Å². The molecule has 0 aromatic carbocycles. The van der Waals surface area contributed by atoms with E-state index in [9.17, 15) is 9.59 Å². The summed E-state index contributed by atoms with van der Waals surface area (Å²) in [6.45, 7) is 5.15. The highest BCUT2D eigenvalue weighted by Gasteiger charge is 2.28. The van der Waals surface area contributed by atoms with Crippen molar-refractivity contribution < 1.29 is 14.0 Å². The molecule has 3 heterocycles. The van der Waals surface area contributed by atoms with Crippen LogP contribution in [0.2, 0.25) is 0 Å². The van der Waals surface area contributed by atoms with Crippen LogP contribution < -0.4 is 5.32 Å². The SMILES string of the molecule is CC(=O)NCc1ccc(C(=O)N2CCCC(c3nc(C)cs3)C2)o1. The second-order valence-electron chi connectivity index (χ2n) is 6.09. The first kappa shape index (κ1) is 16.7. The van der Waals surface area contributed by atoms with Crippen LogP contribution in [0.15, 0.2) is 21.9 Å². The molecular weight excluding hydrogens is 326 g/mol. The van der Waals surface area contributed by atoms with Crippen molar-refractivity contribution in [3.05, 3.63) is 39.7 Å². The van der Waals surface area contributed by atoms with Gasteiger partial charge in [0.2, 0.25) is 5.91 Å². The van der Waals surface area contributed by atoms with E-state index in [-0.39, 0.29) is 11.8 Å². The molecular formula is C17H21N3O3S. The molecule has 1 aliphatic rings. The lowest BCUT2D eigenvalue weighted by Crippen LogP contribution is -2.39. The van der Waals surface area contributed by atoms with Gasteiger partial charge in [-0.05, 0) is 31.9 Å². The zero-order chi connectivity index (χ0) is 17.1. The van der Waals surface area contributed by atoms with E-state index in [0.717, 1.165) is 30.1 Å².